The van der Waals surface area contributed by atoms with E-state index in [4.69, 9.17) is 9.47 Å². The number of carbonyl (C=O) groups is 1. The van der Waals surface area contributed by atoms with Crippen LogP contribution in [-0.2, 0) is 6.61 Å². The van der Waals surface area contributed by atoms with Crippen LogP contribution >= 0.6 is 0 Å². The molecular weight excluding hydrogens is 345 g/mol. The molecule has 0 saturated carbocycles. The Bertz CT molecular complexity index is 942. The Balaban J connectivity index is 1.73. The highest BCUT2D eigenvalue weighted by atomic mass is 19.1. The molecule has 0 heterocycles. The maximum Gasteiger partial charge on any atom is 0.255 e. The van der Waals surface area contributed by atoms with Crippen molar-refractivity contribution in [2.75, 3.05) is 12.4 Å². The number of carbonyl (C=O) groups excluding carboxylic acids is 1. The molecule has 0 aliphatic rings. The highest BCUT2D eigenvalue weighted by Gasteiger charge is 2.13. The zero-order valence-corrected chi connectivity index (χ0v) is 15.2. The molecule has 27 heavy (non-hydrogen) atoms. The molecule has 0 saturated heterocycles. The van der Waals surface area contributed by atoms with Gasteiger partial charge in [0.15, 0.2) is 11.5 Å². The minimum absolute atomic E-state index is 0.308. The van der Waals surface area contributed by atoms with Crippen molar-refractivity contribution < 1.29 is 18.7 Å². The SMILES string of the molecule is COc1cc(C(=O)Nc2ccc(F)cc2C)ccc1OCc1ccccc1. The maximum absolute atomic E-state index is 13.2. The fraction of sp³-hybridized carbons (Fsp3) is 0.136. The molecule has 0 atom stereocenters. The van der Waals surface area contributed by atoms with Crippen LogP contribution in [-0.4, -0.2) is 13.0 Å². The quantitative estimate of drug-likeness (QED) is 0.671. The van der Waals surface area contributed by atoms with Crippen molar-refractivity contribution in [3.63, 3.8) is 0 Å². The Labute approximate surface area is 157 Å². The summed E-state index contributed by atoms with van der Waals surface area (Å²) in [5, 5.41) is 2.78. The zero-order chi connectivity index (χ0) is 19.2. The van der Waals surface area contributed by atoms with Crippen LogP contribution in [0.3, 0.4) is 0 Å². The lowest BCUT2D eigenvalue weighted by atomic mass is 10.1. The van der Waals surface area contributed by atoms with Crippen LogP contribution in [0.5, 0.6) is 11.5 Å². The number of hydrogen-bond acceptors (Lipinski definition) is 3. The molecule has 1 amide bonds. The van der Waals surface area contributed by atoms with Crippen LogP contribution in [0.4, 0.5) is 10.1 Å². The predicted octanol–water partition coefficient (Wildman–Crippen LogP) is 4.97. The van der Waals surface area contributed by atoms with Crippen molar-refractivity contribution in [3.8, 4) is 11.5 Å². The summed E-state index contributed by atoms with van der Waals surface area (Å²) in [5.41, 5.74) is 2.67. The minimum Gasteiger partial charge on any atom is -0.493 e. The number of rotatable bonds is 6. The third-order valence-corrected chi connectivity index (χ3v) is 4.10. The highest BCUT2D eigenvalue weighted by molar-refractivity contribution is 6.05. The van der Waals surface area contributed by atoms with Gasteiger partial charge in [0.05, 0.1) is 7.11 Å². The monoisotopic (exact) mass is 365 g/mol. The van der Waals surface area contributed by atoms with Crippen molar-refractivity contribution in [3.05, 3.63) is 89.2 Å². The van der Waals surface area contributed by atoms with Gasteiger partial charge in [0.1, 0.15) is 12.4 Å². The van der Waals surface area contributed by atoms with Gasteiger partial charge in [0, 0.05) is 11.3 Å². The maximum atomic E-state index is 13.2. The molecular formula is C22H20FNO3. The van der Waals surface area contributed by atoms with Gasteiger partial charge in [-0.2, -0.15) is 0 Å². The number of benzene rings is 3. The average molecular weight is 365 g/mol. The first kappa shape index (κ1) is 18.5. The van der Waals surface area contributed by atoms with Crippen molar-refractivity contribution >= 4 is 11.6 Å². The van der Waals surface area contributed by atoms with Crippen LogP contribution in [0.2, 0.25) is 0 Å². The van der Waals surface area contributed by atoms with Crippen LogP contribution < -0.4 is 14.8 Å². The van der Waals surface area contributed by atoms with E-state index in [0.29, 0.717) is 34.9 Å². The summed E-state index contributed by atoms with van der Waals surface area (Å²) in [6.45, 7) is 2.14. The van der Waals surface area contributed by atoms with E-state index in [-0.39, 0.29) is 11.7 Å². The summed E-state index contributed by atoms with van der Waals surface area (Å²) in [7, 11) is 1.52. The number of aryl methyl sites for hydroxylation is 1. The number of ether oxygens (including phenoxy) is 2. The summed E-state index contributed by atoms with van der Waals surface area (Å²) < 4.78 is 24.4. The Morgan fingerprint density at radius 2 is 1.78 bits per heavy atom. The molecule has 138 valence electrons. The third-order valence-electron chi connectivity index (χ3n) is 4.10. The summed E-state index contributed by atoms with van der Waals surface area (Å²) in [5.74, 6) is 0.370. The zero-order valence-electron chi connectivity index (χ0n) is 15.2. The van der Waals surface area contributed by atoms with E-state index in [1.54, 1.807) is 25.1 Å². The van der Waals surface area contributed by atoms with Gasteiger partial charge < -0.3 is 14.8 Å². The standard InChI is InChI=1S/C22H20FNO3/c1-15-12-18(23)9-10-19(15)24-22(25)17-8-11-20(21(13-17)26-2)27-14-16-6-4-3-5-7-16/h3-13H,14H2,1-2H3,(H,24,25). The summed E-state index contributed by atoms with van der Waals surface area (Å²) in [6, 6.07) is 19.0. The summed E-state index contributed by atoms with van der Waals surface area (Å²) in [4.78, 5) is 12.5. The topological polar surface area (TPSA) is 47.6 Å². The second kappa shape index (κ2) is 8.36. The lowest BCUT2D eigenvalue weighted by Crippen LogP contribution is -2.13. The predicted molar refractivity (Wildman–Crippen MR) is 103 cm³/mol. The van der Waals surface area contributed by atoms with E-state index < -0.39 is 0 Å². The number of hydrogen-bond donors (Lipinski definition) is 1. The van der Waals surface area contributed by atoms with E-state index in [9.17, 15) is 9.18 Å². The molecule has 0 spiro atoms. The lowest BCUT2D eigenvalue weighted by molar-refractivity contribution is 0.102. The van der Waals surface area contributed by atoms with Gasteiger partial charge in [-0.25, -0.2) is 4.39 Å². The van der Waals surface area contributed by atoms with E-state index in [1.165, 1.54) is 25.3 Å². The molecule has 0 bridgehead atoms. The Hall–Kier alpha value is -3.34. The van der Waals surface area contributed by atoms with Crippen LogP contribution in [0.15, 0.2) is 66.7 Å². The molecule has 0 fully saturated rings. The van der Waals surface area contributed by atoms with Crippen LogP contribution in [0, 0.1) is 12.7 Å². The van der Waals surface area contributed by atoms with Gasteiger partial charge in [-0.15, -0.1) is 0 Å². The second-order valence-corrected chi connectivity index (χ2v) is 6.05. The Morgan fingerprint density at radius 1 is 1.00 bits per heavy atom. The van der Waals surface area contributed by atoms with Crippen molar-refractivity contribution in [2.45, 2.75) is 13.5 Å². The Kier molecular flexibility index (Phi) is 5.71. The van der Waals surface area contributed by atoms with Crippen molar-refractivity contribution in [1.29, 1.82) is 0 Å². The van der Waals surface area contributed by atoms with Gasteiger partial charge in [-0.3, -0.25) is 4.79 Å². The third kappa shape index (κ3) is 4.64. The van der Waals surface area contributed by atoms with Crippen LogP contribution in [0.25, 0.3) is 0 Å². The van der Waals surface area contributed by atoms with Gasteiger partial charge in [0.2, 0.25) is 0 Å². The molecule has 0 aromatic heterocycles. The normalized spacial score (nSPS) is 10.3. The van der Waals surface area contributed by atoms with Gasteiger partial charge >= 0.3 is 0 Å². The largest absolute Gasteiger partial charge is 0.493 e. The van der Waals surface area contributed by atoms with Gasteiger partial charge in [-0.1, -0.05) is 30.3 Å². The van der Waals surface area contributed by atoms with E-state index in [2.05, 4.69) is 5.32 Å². The minimum atomic E-state index is -0.341. The number of nitrogens with one attached hydrogen (secondary N) is 1. The summed E-state index contributed by atoms with van der Waals surface area (Å²) >= 11 is 0. The molecule has 3 aromatic carbocycles. The molecule has 0 aliphatic heterocycles. The molecule has 3 aromatic rings. The Morgan fingerprint density at radius 3 is 2.48 bits per heavy atom. The first-order valence-electron chi connectivity index (χ1n) is 8.49. The first-order chi connectivity index (χ1) is 13.1. The average Bonchev–Trinajstić information content (AvgIpc) is 2.69. The van der Waals surface area contributed by atoms with Crippen LogP contribution in [0.1, 0.15) is 21.5 Å². The second-order valence-electron chi connectivity index (χ2n) is 6.05. The van der Waals surface area contributed by atoms with Gasteiger partial charge in [0.25, 0.3) is 5.91 Å². The smallest absolute Gasteiger partial charge is 0.255 e. The van der Waals surface area contributed by atoms with E-state index in [0.717, 1.165) is 5.56 Å². The molecule has 0 unspecified atom stereocenters. The van der Waals surface area contributed by atoms with Crippen molar-refractivity contribution in [2.24, 2.45) is 0 Å². The highest BCUT2D eigenvalue weighted by Crippen LogP contribution is 2.29. The fourth-order valence-corrected chi connectivity index (χ4v) is 2.63. The van der Waals surface area contributed by atoms with E-state index >= 15 is 0 Å². The number of anilines is 1. The molecule has 1 N–H and O–H groups in total. The van der Waals surface area contributed by atoms with E-state index in [1.807, 2.05) is 30.3 Å². The van der Waals surface area contributed by atoms with Crippen molar-refractivity contribution in [1.82, 2.24) is 0 Å². The van der Waals surface area contributed by atoms with Gasteiger partial charge in [-0.05, 0) is 54.4 Å². The number of methoxy groups -OCH3 is 1. The molecule has 5 heteroatoms. The molecule has 0 aliphatic carbocycles. The number of amides is 1. The molecule has 3 rings (SSSR count). The fourth-order valence-electron chi connectivity index (χ4n) is 2.63. The first-order valence-corrected chi connectivity index (χ1v) is 8.49. The lowest BCUT2D eigenvalue weighted by Gasteiger charge is -2.13. The number of halogens is 1. The molecule has 4 nitrogen and oxygen atoms in total. The molecule has 0 radical (unpaired) electrons. The summed E-state index contributed by atoms with van der Waals surface area (Å²) in [6.07, 6.45) is 0.